The molecule has 0 unspecified atom stereocenters. The molecule has 5 rings (SSSR count). The van der Waals surface area contributed by atoms with Gasteiger partial charge in [0.25, 0.3) is 5.91 Å². The average molecular weight is 533 g/mol. The van der Waals surface area contributed by atoms with E-state index in [0.717, 1.165) is 42.9 Å². The third kappa shape index (κ3) is 5.16. The second-order valence-electron chi connectivity index (χ2n) is 9.17. The molecule has 1 aliphatic carbocycles. The van der Waals surface area contributed by atoms with E-state index in [4.69, 9.17) is 0 Å². The van der Waals surface area contributed by atoms with Gasteiger partial charge in [-0.3, -0.25) is 9.48 Å². The van der Waals surface area contributed by atoms with Crippen LogP contribution in [0.15, 0.2) is 36.8 Å². The number of amides is 1. The van der Waals surface area contributed by atoms with E-state index in [2.05, 4.69) is 10.4 Å². The summed E-state index contributed by atoms with van der Waals surface area (Å²) >= 11 is 0. The Morgan fingerprint density at radius 3 is 2.26 bits per heavy atom. The Hall–Kier alpha value is -3.69. The highest BCUT2D eigenvalue weighted by Crippen LogP contribution is 2.33. The molecule has 1 N–H and O–H groups in total. The Morgan fingerprint density at radius 2 is 1.63 bits per heavy atom. The van der Waals surface area contributed by atoms with Gasteiger partial charge in [0, 0.05) is 36.6 Å². The summed E-state index contributed by atoms with van der Waals surface area (Å²) in [6.07, 6.45) is 8.75. The Balaban J connectivity index is 0.00000164. The van der Waals surface area contributed by atoms with Crippen molar-refractivity contribution in [2.24, 2.45) is 7.05 Å². The summed E-state index contributed by atoms with van der Waals surface area (Å²) in [4.78, 5) is 13.0. The zero-order valence-electron chi connectivity index (χ0n) is 21.4. The zero-order valence-corrected chi connectivity index (χ0v) is 21.4. The number of aromatic nitrogens is 3. The van der Waals surface area contributed by atoms with Crippen LogP contribution in [0.5, 0.6) is 0 Å². The number of carbonyl (C=O) groups is 1. The number of hydrogen-bond donors (Lipinski definition) is 1. The Labute approximate surface area is 217 Å². The predicted molar refractivity (Wildman–Crippen MR) is 135 cm³/mol. The molecule has 0 bridgehead atoms. The minimum Gasteiger partial charge on any atom is -0.349 e. The van der Waals surface area contributed by atoms with Gasteiger partial charge < -0.3 is 9.88 Å². The van der Waals surface area contributed by atoms with Crippen LogP contribution in [-0.4, -0.2) is 26.3 Å². The molecular formula is C28H29F5N4O. The maximum absolute atomic E-state index is 15.0. The molecule has 1 aliphatic rings. The van der Waals surface area contributed by atoms with Crippen LogP contribution in [0.3, 0.4) is 0 Å². The smallest absolute Gasteiger partial charge is 0.253 e. The number of carbonyl (C=O) groups excluding carboxylic acids is 1. The summed E-state index contributed by atoms with van der Waals surface area (Å²) in [7, 11) is 1.73. The first-order chi connectivity index (χ1) is 18.2. The lowest BCUT2D eigenvalue weighted by atomic mass is 9.95. The number of halogens is 5. The third-order valence-electron chi connectivity index (χ3n) is 6.70. The van der Waals surface area contributed by atoms with Crippen molar-refractivity contribution >= 4 is 16.8 Å². The standard InChI is InChI=1S/C26H23F5N4O.C2H6/c1-34-11-16(10-32-34)14-7-8-15(19(27)9-14)12-35-13-18(26(36)33-17-5-3-2-4-6-17)20-21(28)22(29)23(30)24(31)25(20)35;1-2/h7-11,13,17H,2-6,12H2,1H3,(H,33,36);1-2H3. The second-order valence-corrected chi connectivity index (χ2v) is 9.17. The molecule has 202 valence electrons. The Bertz CT molecular complexity index is 1470. The van der Waals surface area contributed by atoms with Gasteiger partial charge in [-0.15, -0.1) is 0 Å². The van der Waals surface area contributed by atoms with Crippen molar-refractivity contribution in [3.05, 3.63) is 77.0 Å². The van der Waals surface area contributed by atoms with E-state index in [9.17, 15) is 22.4 Å². The molecule has 0 atom stereocenters. The lowest BCUT2D eigenvalue weighted by molar-refractivity contribution is 0.0929. The van der Waals surface area contributed by atoms with Gasteiger partial charge in [0.1, 0.15) is 5.82 Å². The molecule has 0 spiro atoms. The quantitative estimate of drug-likeness (QED) is 0.173. The van der Waals surface area contributed by atoms with Crippen molar-refractivity contribution in [1.82, 2.24) is 19.7 Å². The maximum Gasteiger partial charge on any atom is 0.253 e. The van der Waals surface area contributed by atoms with Gasteiger partial charge in [0.2, 0.25) is 0 Å². The van der Waals surface area contributed by atoms with E-state index < -0.39 is 45.9 Å². The summed E-state index contributed by atoms with van der Waals surface area (Å²) in [5.74, 6) is -8.67. The fourth-order valence-electron chi connectivity index (χ4n) is 4.84. The van der Waals surface area contributed by atoms with Crippen molar-refractivity contribution < 1.29 is 26.7 Å². The molecule has 4 aromatic rings. The van der Waals surface area contributed by atoms with Crippen molar-refractivity contribution in [3.8, 4) is 11.1 Å². The monoisotopic (exact) mass is 532 g/mol. The van der Waals surface area contributed by atoms with Crippen LogP contribution in [0.2, 0.25) is 0 Å². The minimum atomic E-state index is -2.00. The summed E-state index contributed by atoms with van der Waals surface area (Å²) in [5, 5.41) is 6.16. The van der Waals surface area contributed by atoms with E-state index in [-0.39, 0.29) is 23.7 Å². The molecule has 1 saturated carbocycles. The molecule has 1 fully saturated rings. The van der Waals surface area contributed by atoms with E-state index in [1.807, 2.05) is 13.8 Å². The van der Waals surface area contributed by atoms with Crippen LogP contribution in [-0.2, 0) is 13.6 Å². The van der Waals surface area contributed by atoms with Crippen LogP contribution in [0, 0.1) is 29.1 Å². The zero-order chi connectivity index (χ0) is 27.6. The Morgan fingerprint density at radius 1 is 0.947 bits per heavy atom. The lowest BCUT2D eigenvalue weighted by Crippen LogP contribution is -2.36. The summed E-state index contributed by atoms with van der Waals surface area (Å²) < 4.78 is 75.6. The number of nitrogens with zero attached hydrogens (tertiary/aromatic N) is 3. The molecule has 0 radical (unpaired) electrons. The van der Waals surface area contributed by atoms with Gasteiger partial charge in [-0.2, -0.15) is 5.10 Å². The van der Waals surface area contributed by atoms with Gasteiger partial charge in [-0.25, -0.2) is 22.0 Å². The van der Waals surface area contributed by atoms with Crippen LogP contribution in [0.4, 0.5) is 22.0 Å². The van der Waals surface area contributed by atoms with Crippen molar-refractivity contribution in [1.29, 1.82) is 0 Å². The number of hydrogen-bond acceptors (Lipinski definition) is 2. The highest BCUT2D eigenvalue weighted by molar-refractivity contribution is 6.07. The highest BCUT2D eigenvalue weighted by Gasteiger charge is 2.29. The van der Waals surface area contributed by atoms with E-state index in [0.29, 0.717) is 11.1 Å². The first kappa shape index (κ1) is 27.3. The van der Waals surface area contributed by atoms with E-state index >= 15 is 4.39 Å². The number of benzene rings is 2. The molecule has 2 aromatic carbocycles. The van der Waals surface area contributed by atoms with Crippen LogP contribution in [0.1, 0.15) is 61.9 Å². The van der Waals surface area contributed by atoms with Gasteiger partial charge in [0.05, 0.1) is 29.2 Å². The van der Waals surface area contributed by atoms with Crippen LogP contribution >= 0.6 is 0 Å². The topological polar surface area (TPSA) is 51.9 Å². The molecule has 2 aromatic heterocycles. The van der Waals surface area contributed by atoms with E-state index in [1.165, 1.54) is 12.1 Å². The van der Waals surface area contributed by atoms with Gasteiger partial charge in [0.15, 0.2) is 23.3 Å². The molecule has 0 aliphatic heterocycles. The van der Waals surface area contributed by atoms with Crippen molar-refractivity contribution in [2.75, 3.05) is 0 Å². The molecule has 2 heterocycles. The normalized spacial score (nSPS) is 13.9. The Kier molecular flexibility index (Phi) is 8.18. The summed E-state index contributed by atoms with van der Waals surface area (Å²) in [6, 6.07) is 4.21. The van der Waals surface area contributed by atoms with Gasteiger partial charge in [-0.05, 0) is 24.5 Å². The van der Waals surface area contributed by atoms with Gasteiger partial charge in [-0.1, -0.05) is 45.2 Å². The van der Waals surface area contributed by atoms with Crippen molar-refractivity contribution in [3.63, 3.8) is 0 Å². The lowest BCUT2D eigenvalue weighted by Gasteiger charge is -2.22. The highest BCUT2D eigenvalue weighted by atomic mass is 19.2. The number of rotatable bonds is 5. The average Bonchev–Trinajstić information content (AvgIpc) is 3.53. The molecule has 0 saturated heterocycles. The largest absolute Gasteiger partial charge is 0.349 e. The maximum atomic E-state index is 15.0. The van der Waals surface area contributed by atoms with E-state index in [1.54, 1.807) is 30.2 Å². The predicted octanol–water partition coefficient (Wildman–Crippen LogP) is 6.87. The minimum absolute atomic E-state index is 0.0864. The number of aryl methyl sites for hydroxylation is 1. The number of fused-ring (bicyclic) bond motifs is 1. The van der Waals surface area contributed by atoms with Gasteiger partial charge >= 0.3 is 0 Å². The van der Waals surface area contributed by atoms with Crippen LogP contribution in [0.25, 0.3) is 22.0 Å². The molecule has 38 heavy (non-hydrogen) atoms. The summed E-state index contributed by atoms with van der Waals surface area (Å²) in [5.41, 5.74) is 0.346. The SMILES string of the molecule is CC.Cn1cc(-c2ccc(Cn3cc(C(=O)NC4CCCCC4)c4c(F)c(F)c(F)c(F)c43)c(F)c2)cn1. The third-order valence-corrected chi connectivity index (χ3v) is 6.70. The fraction of sp³-hybridized carbons (Fsp3) is 0.357. The molecule has 5 nitrogen and oxygen atoms in total. The molecule has 10 heteroatoms. The first-order valence-corrected chi connectivity index (χ1v) is 12.7. The second kappa shape index (κ2) is 11.4. The van der Waals surface area contributed by atoms with Crippen molar-refractivity contribution in [2.45, 2.75) is 58.5 Å². The molecular weight excluding hydrogens is 503 g/mol. The first-order valence-electron chi connectivity index (χ1n) is 12.7. The molecule has 1 amide bonds. The fourth-order valence-corrected chi connectivity index (χ4v) is 4.84. The summed E-state index contributed by atoms with van der Waals surface area (Å²) in [6.45, 7) is 3.66. The van der Waals surface area contributed by atoms with Crippen LogP contribution < -0.4 is 5.32 Å². The number of nitrogens with one attached hydrogen (secondary N) is 1.